The molecule has 1 atom stereocenters. The van der Waals surface area contributed by atoms with Crippen molar-refractivity contribution in [2.45, 2.75) is 39.7 Å². The summed E-state index contributed by atoms with van der Waals surface area (Å²) in [4.78, 5) is 32.7. The number of benzene rings is 4. The number of allylic oxidation sites excluding steroid dienone is 1. The first-order valence-electron chi connectivity index (χ1n) is 13.6. The fourth-order valence-electron chi connectivity index (χ4n) is 5.51. The summed E-state index contributed by atoms with van der Waals surface area (Å²) in [7, 11) is 0. The first kappa shape index (κ1) is 26.0. The summed E-state index contributed by atoms with van der Waals surface area (Å²) in [5.74, 6) is -0.0793. The predicted octanol–water partition coefficient (Wildman–Crippen LogP) is 6.23. The van der Waals surface area contributed by atoms with Crippen molar-refractivity contribution in [1.82, 2.24) is 4.57 Å². The average Bonchev–Trinajstić information content (AvgIpc) is 3.26. The van der Waals surface area contributed by atoms with Gasteiger partial charge in [0.1, 0.15) is 0 Å². The van der Waals surface area contributed by atoms with Gasteiger partial charge in [-0.1, -0.05) is 98.0 Å². The highest BCUT2D eigenvalue weighted by molar-refractivity contribution is 7.07. The number of thiazole rings is 1. The van der Waals surface area contributed by atoms with Gasteiger partial charge in [0.2, 0.25) is 0 Å². The summed E-state index contributed by atoms with van der Waals surface area (Å²) in [5.41, 5.74) is 3.84. The van der Waals surface area contributed by atoms with Crippen LogP contribution in [0.5, 0.6) is 0 Å². The van der Waals surface area contributed by atoms with Crippen LogP contribution in [0.15, 0.2) is 99.9 Å². The molecule has 0 saturated carbocycles. The fourth-order valence-corrected chi connectivity index (χ4v) is 6.53. The molecule has 5 aromatic rings. The third-order valence-corrected chi connectivity index (χ3v) is 8.51. The van der Waals surface area contributed by atoms with Gasteiger partial charge >= 0.3 is 5.97 Å². The van der Waals surface area contributed by atoms with E-state index in [9.17, 15) is 9.59 Å². The van der Waals surface area contributed by atoms with Gasteiger partial charge in [-0.25, -0.2) is 9.79 Å². The van der Waals surface area contributed by atoms with E-state index >= 15 is 0 Å². The van der Waals surface area contributed by atoms with E-state index in [-0.39, 0.29) is 12.2 Å². The molecule has 2 heterocycles. The first-order valence-corrected chi connectivity index (χ1v) is 14.4. The van der Waals surface area contributed by atoms with E-state index in [2.05, 4.69) is 56.3 Å². The van der Waals surface area contributed by atoms with Gasteiger partial charge in [0.05, 0.1) is 28.5 Å². The molecule has 200 valence electrons. The summed E-state index contributed by atoms with van der Waals surface area (Å²) >= 11 is 1.35. The fraction of sp³-hybridized carbons (Fsp3) is 0.206. The van der Waals surface area contributed by atoms with E-state index in [1.165, 1.54) is 16.9 Å². The maximum atomic E-state index is 14.2. The Balaban J connectivity index is 1.62. The minimum atomic E-state index is -0.622. The van der Waals surface area contributed by atoms with Crippen LogP contribution in [0.3, 0.4) is 0 Å². The van der Waals surface area contributed by atoms with Crippen LogP contribution in [0, 0.1) is 0 Å². The van der Waals surface area contributed by atoms with Crippen LogP contribution in [0.2, 0.25) is 0 Å². The van der Waals surface area contributed by atoms with Crippen LogP contribution in [0.1, 0.15) is 56.3 Å². The number of fused-ring (bicyclic) bond motifs is 3. The van der Waals surface area contributed by atoms with E-state index in [0.717, 1.165) is 32.7 Å². The van der Waals surface area contributed by atoms with Crippen LogP contribution in [-0.4, -0.2) is 17.1 Å². The molecule has 1 aliphatic heterocycles. The molecule has 0 amide bonds. The Kier molecular flexibility index (Phi) is 6.72. The largest absolute Gasteiger partial charge is 0.463 e. The van der Waals surface area contributed by atoms with Crippen LogP contribution in [0.4, 0.5) is 0 Å². The Morgan fingerprint density at radius 1 is 1.00 bits per heavy atom. The minimum absolute atomic E-state index is 0.173. The van der Waals surface area contributed by atoms with E-state index in [1.54, 1.807) is 11.5 Å². The van der Waals surface area contributed by atoms with Crippen molar-refractivity contribution in [2.75, 3.05) is 6.61 Å². The SMILES string of the molecule is CCOC(=O)C1=C(C)N=c2s/c(=C\c3c4ccccc4cc4ccccc34)c(=O)n2[C@@H]1c1ccc(C(C)C)cc1. The standard InChI is InChI=1S/C34H30N2O3S/c1-5-39-33(38)30-21(4)35-34-36(31(30)23-16-14-22(15-17-23)20(2)3)32(37)29(40-34)19-28-26-12-8-6-10-24(26)18-25-11-7-9-13-27(25)28/h6-20,31H,5H2,1-4H3/b29-19-/t31-/m1/s1. The number of aromatic nitrogens is 1. The van der Waals surface area contributed by atoms with Gasteiger partial charge in [-0.15, -0.1) is 0 Å². The van der Waals surface area contributed by atoms with Crippen molar-refractivity contribution in [2.24, 2.45) is 4.99 Å². The number of carbonyl (C=O) groups excluding carboxylic acids is 1. The number of nitrogens with zero attached hydrogens (tertiary/aromatic N) is 2. The lowest BCUT2D eigenvalue weighted by molar-refractivity contribution is -0.139. The second-order valence-corrected chi connectivity index (χ2v) is 11.4. The van der Waals surface area contributed by atoms with Crippen LogP contribution >= 0.6 is 11.3 Å². The molecular weight excluding hydrogens is 516 g/mol. The van der Waals surface area contributed by atoms with E-state index in [1.807, 2.05) is 49.4 Å². The van der Waals surface area contributed by atoms with Gasteiger partial charge in [0, 0.05) is 0 Å². The third kappa shape index (κ3) is 4.38. The van der Waals surface area contributed by atoms with Gasteiger partial charge in [0.25, 0.3) is 5.56 Å². The molecule has 40 heavy (non-hydrogen) atoms. The third-order valence-electron chi connectivity index (χ3n) is 7.52. The van der Waals surface area contributed by atoms with Crippen LogP contribution in [-0.2, 0) is 9.53 Å². The topological polar surface area (TPSA) is 60.7 Å². The van der Waals surface area contributed by atoms with E-state index < -0.39 is 12.0 Å². The Morgan fingerprint density at radius 2 is 1.62 bits per heavy atom. The molecule has 5 nitrogen and oxygen atoms in total. The van der Waals surface area contributed by atoms with Crippen molar-refractivity contribution >= 4 is 44.9 Å². The maximum absolute atomic E-state index is 14.2. The second-order valence-electron chi connectivity index (χ2n) is 10.4. The molecule has 0 aliphatic carbocycles. The van der Waals surface area contributed by atoms with E-state index in [4.69, 9.17) is 9.73 Å². The number of esters is 1. The molecule has 0 N–H and O–H groups in total. The molecule has 0 fully saturated rings. The molecule has 6 heteroatoms. The van der Waals surface area contributed by atoms with Gasteiger partial charge < -0.3 is 4.74 Å². The molecule has 0 radical (unpaired) electrons. The highest BCUT2D eigenvalue weighted by Gasteiger charge is 2.33. The highest BCUT2D eigenvalue weighted by Crippen LogP contribution is 2.32. The minimum Gasteiger partial charge on any atom is -0.463 e. The van der Waals surface area contributed by atoms with Crippen molar-refractivity contribution < 1.29 is 9.53 Å². The molecule has 4 aromatic carbocycles. The summed E-state index contributed by atoms with van der Waals surface area (Å²) in [6.07, 6.45) is 1.98. The summed E-state index contributed by atoms with van der Waals surface area (Å²) in [6.45, 7) is 8.13. The molecule has 1 aromatic heterocycles. The Hall–Kier alpha value is -4.29. The Labute approximate surface area is 236 Å². The summed E-state index contributed by atoms with van der Waals surface area (Å²) < 4.78 is 7.67. The van der Waals surface area contributed by atoms with Crippen LogP contribution in [0.25, 0.3) is 27.6 Å². The van der Waals surface area contributed by atoms with E-state index in [0.29, 0.717) is 26.5 Å². The molecule has 6 rings (SSSR count). The van der Waals surface area contributed by atoms with Gasteiger partial charge in [0.15, 0.2) is 4.80 Å². The van der Waals surface area contributed by atoms with Crippen molar-refractivity contribution in [3.05, 3.63) is 127 Å². The Morgan fingerprint density at radius 3 is 2.23 bits per heavy atom. The highest BCUT2D eigenvalue weighted by atomic mass is 32.1. The van der Waals surface area contributed by atoms with Crippen molar-refractivity contribution in [1.29, 1.82) is 0 Å². The molecule has 0 bridgehead atoms. The summed E-state index contributed by atoms with van der Waals surface area (Å²) in [5, 5.41) is 4.39. The quantitative estimate of drug-likeness (QED) is 0.194. The Bertz CT molecular complexity index is 1940. The zero-order valence-corrected chi connectivity index (χ0v) is 23.8. The zero-order valence-electron chi connectivity index (χ0n) is 23.0. The monoisotopic (exact) mass is 546 g/mol. The zero-order chi connectivity index (χ0) is 28.0. The molecule has 1 aliphatic rings. The smallest absolute Gasteiger partial charge is 0.338 e. The molecular formula is C34H30N2O3S. The number of hydrogen-bond acceptors (Lipinski definition) is 5. The summed E-state index contributed by atoms with van der Waals surface area (Å²) in [6, 6.07) is 26.2. The van der Waals surface area contributed by atoms with Gasteiger partial charge in [-0.2, -0.15) is 0 Å². The second kappa shape index (κ2) is 10.4. The lowest BCUT2D eigenvalue weighted by Crippen LogP contribution is -2.39. The first-order chi connectivity index (χ1) is 19.4. The molecule has 0 unspecified atom stereocenters. The molecule has 0 saturated heterocycles. The predicted molar refractivity (Wildman–Crippen MR) is 162 cm³/mol. The lowest BCUT2D eigenvalue weighted by atomic mass is 9.93. The van der Waals surface area contributed by atoms with Crippen LogP contribution < -0.4 is 14.9 Å². The molecule has 0 spiro atoms. The number of carbonyl (C=O) groups is 1. The number of hydrogen-bond donors (Lipinski definition) is 0. The number of rotatable bonds is 5. The van der Waals surface area contributed by atoms with Crippen molar-refractivity contribution in [3.63, 3.8) is 0 Å². The maximum Gasteiger partial charge on any atom is 0.338 e. The normalized spacial score (nSPS) is 15.5. The lowest BCUT2D eigenvalue weighted by Gasteiger charge is -2.25. The number of ether oxygens (including phenoxy) is 1. The van der Waals surface area contributed by atoms with Gasteiger partial charge in [-0.05, 0) is 70.1 Å². The van der Waals surface area contributed by atoms with Gasteiger partial charge in [-0.3, -0.25) is 9.36 Å². The van der Waals surface area contributed by atoms with Crippen molar-refractivity contribution in [3.8, 4) is 0 Å². The average molecular weight is 547 g/mol.